The third kappa shape index (κ3) is 2.51. The lowest BCUT2D eigenvalue weighted by Gasteiger charge is -2.00. The highest BCUT2D eigenvalue weighted by molar-refractivity contribution is 5.72. The van der Waals surface area contributed by atoms with Gasteiger partial charge in [-0.1, -0.05) is 54.1 Å². The van der Waals surface area contributed by atoms with E-state index in [2.05, 4.69) is 0 Å². The first kappa shape index (κ1) is 10.5. The molecule has 0 aliphatic rings. The number of hydrogen-bond donors (Lipinski definition) is 1. The molecule has 0 aromatic heterocycles. The first-order chi connectivity index (χ1) is 7.75. The van der Waals surface area contributed by atoms with Crippen LogP contribution in [-0.2, 0) is 0 Å². The Bertz CT molecular complexity index is 498. The van der Waals surface area contributed by atoms with E-state index in [1.807, 2.05) is 61.5 Å². The molecule has 0 saturated carbocycles. The number of rotatable bonds is 2. The zero-order chi connectivity index (χ0) is 11.4. The summed E-state index contributed by atoms with van der Waals surface area (Å²) in [5, 5.41) is 9.66. The fourth-order valence-corrected chi connectivity index (χ4v) is 1.56. The highest BCUT2D eigenvalue weighted by Crippen LogP contribution is 2.20. The Morgan fingerprint density at radius 2 is 1.69 bits per heavy atom. The van der Waals surface area contributed by atoms with Gasteiger partial charge in [0.1, 0.15) is 5.75 Å². The van der Waals surface area contributed by atoms with Crippen molar-refractivity contribution in [3.63, 3.8) is 0 Å². The van der Waals surface area contributed by atoms with Crippen LogP contribution in [0.3, 0.4) is 0 Å². The lowest BCUT2D eigenvalue weighted by atomic mass is 10.1. The second-order valence-corrected chi connectivity index (χ2v) is 3.81. The Kier molecular flexibility index (Phi) is 3.06. The van der Waals surface area contributed by atoms with Crippen LogP contribution in [0.4, 0.5) is 0 Å². The van der Waals surface area contributed by atoms with Crippen molar-refractivity contribution in [2.24, 2.45) is 0 Å². The van der Waals surface area contributed by atoms with E-state index in [0.717, 1.165) is 16.7 Å². The van der Waals surface area contributed by atoms with E-state index < -0.39 is 0 Å². The molecular weight excluding hydrogens is 196 g/mol. The largest absolute Gasteiger partial charge is 0.507 e. The molecule has 0 saturated heterocycles. The summed E-state index contributed by atoms with van der Waals surface area (Å²) in [6, 6.07) is 15.6. The van der Waals surface area contributed by atoms with Crippen LogP contribution in [0.2, 0.25) is 0 Å². The summed E-state index contributed by atoms with van der Waals surface area (Å²) >= 11 is 0. The smallest absolute Gasteiger partial charge is 0.122 e. The standard InChI is InChI=1S/C15H14O/c1-12-7-10-15(16)14(11-12)9-8-13-5-3-2-4-6-13/h2-11,16H,1H3/b9-8+. The van der Waals surface area contributed by atoms with Gasteiger partial charge in [-0.05, 0) is 24.6 Å². The van der Waals surface area contributed by atoms with Crippen molar-refractivity contribution in [2.75, 3.05) is 0 Å². The second kappa shape index (κ2) is 4.67. The van der Waals surface area contributed by atoms with Crippen LogP contribution in [0.5, 0.6) is 5.75 Å². The molecule has 2 aromatic rings. The highest BCUT2D eigenvalue weighted by Gasteiger charge is 1.96. The van der Waals surface area contributed by atoms with E-state index in [9.17, 15) is 5.11 Å². The predicted molar refractivity (Wildman–Crippen MR) is 68.2 cm³/mol. The average molecular weight is 210 g/mol. The minimum absolute atomic E-state index is 0.317. The highest BCUT2D eigenvalue weighted by atomic mass is 16.3. The molecule has 0 fully saturated rings. The van der Waals surface area contributed by atoms with Crippen molar-refractivity contribution < 1.29 is 5.11 Å². The van der Waals surface area contributed by atoms with Gasteiger partial charge >= 0.3 is 0 Å². The predicted octanol–water partition coefficient (Wildman–Crippen LogP) is 3.87. The summed E-state index contributed by atoms with van der Waals surface area (Å²) < 4.78 is 0. The van der Waals surface area contributed by atoms with Gasteiger partial charge in [0.25, 0.3) is 0 Å². The van der Waals surface area contributed by atoms with Gasteiger partial charge in [0.2, 0.25) is 0 Å². The van der Waals surface area contributed by atoms with Gasteiger partial charge in [0.15, 0.2) is 0 Å². The van der Waals surface area contributed by atoms with Crippen LogP contribution in [0.1, 0.15) is 16.7 Å². The maximum absolute atomic E-state index is 9.66. The van der Waals surface area contributed by atoms with E-state index in [4.69, 9.17) is 0 Å². The summed E-state index contributed by atoms with van der Waals surface area (Å²) in [6.07, 6.45) is 3.92. The number of phenolic OH excluding ortho intramolecular Hbond substituents is 1. The minimum atomic E-state index is 0.317. The summed E-state index contributed by atoms with van der Waals surface area (Å²) in [4.78, 5) is 0. The SMILES string of the molecule is Cc1ccc(O)c(/C=C/c2ccccc2)c1. The Balaban J connectivity index is 2.27. The van der Waals surface area contributed by atoms with Gasteiger partial charge in [-0.15, -0.1) is 0 Å². The van der Waals surface area contributed by atoms with Gasteiger partial charge in [-0.2, -0.15) is 0 Å². The van der Waals surface area contributed by atoms with Crippen molar-refractivity contribution in [3.05, 3.63) is 65.2 Å². The molecule has 0 unspecified atom stereocenters. The normalized spacial score (nSPS) is 10.8. The van der Waals surface area contributed by atoms with E-state index in [-0.39, 0.29) is 0 Å². The summed E-state index contributed by atoms with van der Waals surface area (Å²) in [6.45, 7) is 2.01. The van der Waals surface area contributed by atoms with Gasteiger partial charge in [-0.25, -0.2) is 0 Å². The lowest BCUT2D eigenvalue weighted by molar-refractivity contribution is 0.474. The third-order valence-electron chi connectivity index (χ3n) is 2.44. The number of hydrogen-bond acceptors (Lipinski definition) is 1. The molecule has 0 amide bonds. The first-order valence-corrected chi connectivity index (χ1v) is 5.28. The molecule has 0 aliphatic carbocycles. The Morgan fingerprint density at radius 1 is 0.938 bits per heavy atom. The van der Waals surface area contributed by atoms with Crippen molar-refractivity contribution >= 4 is 12.2 Å². The van der Waals surface area contributed by atoms with Crippen molar-refractivity contribution in [2.45, 2.75) is 6.92 Å². The maximum atomic E-state index is 9.66. The van der Waals surface area contributed by atoms with Gasteiger partial charge in [0, 0.05) is 5.56 Å². The quantitative estimate of drug-likeness (QED) is 0.746. The zero-order valence-corrected chi connectivity index (χ0v) is 9.22. The molecule has 1 heteroatoms. The molecule has 2 rings (SSSR count). The number of benzene rings is 2. The fourth-order valence-electron chi connectivity index (χ4n) is 1.56. The van der Waals surface area contributed by atoms with Crippen LogP contribution in [0.25, 0.3) is 12.2 Å². The van der Waals surface area contributed by atoms with Crippen LogP contribution in [-0.4, -0.2) is 5.11 Å². The van der Waals surface area contributed by atoms with Crippen molar-refractivity contribution in [1.29, 1.82) is 0 Å². The van der Waals surface area contributed by atoms with Gasteiger partial charge < -0.3 is 5.11 Å². The molecule has 0 atom stereocenters. The minimum Gasteiger partial charge on any atom is -0.507 e. The fraction of sp³-hybridized carbons (Fsp3) is 0.0667. The molecule has 1 N–H and O–H groups in total. The Hall–Kier alpha value is -2.02. The van der Waals surface area contributed by atoms with E-state index in [1.54, 1.807) is 6.07 Å². The van der Waals surface area contributed by atoms with Crippen molar-refractivity contribution in [1.82, 2.24) is 0 Å². The number of phenols is 1. The van der Waals surface area contributed by atoms with Crippen LogP contribution in [0, 0.1) is 6.92 Å². The molecule has 0 spiro atoms. The topological polar surface area (TPSA) is 20.2 Å². The van der Waals surface area contributed by atoms with Gasteiger partial charge in [-0.3, -0.25) is 0 Å². The number of aromatic hydroxyl groups is 1. The molecule has 16 heavy (non-hydrogen) atoms. The summed E-state index contributed by atoms with van der Waals surface area (Å²) in [5.74, 6) is 0.317. The van der Waals surface area contributed by atoms with Crippen molar-refractivity contribution in [3.8, 4) is 5.75 Å². The first-order valence-electron chi connectivity index (χ1n) is 5.28. The maximum Gasteiger partial charge on any atom is 0.122 e. The number of aryl methyl sites for hydroxylation is 1. The van der Waals surface area contributed by atoms with Crippen LogP contribution in [0.15, 0.2) is 48.5 Å². The van der Waals surface area contributed by atoms with E-state index >= 15 is 0 Å². The summed E-state index contributed by atoms with van der Waals surface area (Å²) in [7, 11) is 0. The molecular formula is C15H14O. The van der Waals surface area contributed by atoms with E-state index in [1.165, 1.54) is 0 Å². The Morgan fingerprint density at radius 3 is 2.44 bits per heavy atom. The van der Waals surface area contributed by atoms with Crippen LogP contribution < -0.4 is 0 Å². The summed E-state index contributed by atoms with van der Waals surface area (Å²) in [5.41, 5.74) is 3.12. The molecule has 0 aliphatic heterocycles. The second-order valence-electron chi connectivity index (χ2n) is 3.81. The molecule has 0 bridgehead atoms. The average Bonchev–Trinajstić information content (AvgIpc) is 2.32. The third-order valence-corrected chi connectivity index (χ3v) is 2.44. The molecule has 2 aromatic carbocycles. The van der Waals surface area contributed by atoms with Crippen LogP contribution >= 0.6 is 0 Å². The van der Waals surface area contributed by atoms with Gasteiger partial charge in [0.05, 0.1) is 0 Å². The lowest BCUT2D eigenvalue weighted by Crippen LogP contribution is -1.77. The molecule has 1 nitrogen and oxygen atoms in total. The molecule has 80 valence electrons. The zero-order valence-electron chi connectivity index (χ0n) is 9.22. The Labute approximate surface area is 95.7 Å². The monoisotopic (exact) mass is 210 g/mol. The molecule has 0 heterocycles. The molecule has 0 radical (unpaired) electrons. The van der Waals surface area contributed by atoms with E-state index in [0.29, 0.717) is 5.75 Å².